The summed E-state index contributed by atoms with van der Waals surface area (Å²) >= 11 is 0. The van der Waals surface area contributed by atoms with Crippen LogP contribution in [0.4, 0.5) is 11.4 Å². The quantitative estimate of drug-likeness (QED) is 0.813. The zero-order valence-corrected chi connectivity index (χ0v) is 11.8. The monoisotopic (exact) mass is 274 g/mol. The van der Waals surface area contributed by atoms with E-state index in [-0.39, 0.29) is 5.56 Å². The lowest BCUT2D eigenvalue weighted by atomic mass is 9.77. The molecule has 3 rings (SSSR count). The Morgan fingerprint density at radius 2 is 1.80 bits per heavy atom. The number of benzene rings is 1. The van der Waals surface area contributed by atoms with Crippen LogP contribution in [0.3, 0.4) is 0 Å². The molecule has 1 aromatic rings. The van der Waals surface area contributed by atoms with Crippen molar-refractivity contribution in [3.05, 3.63) is 23.8 Å². The van der Waals surface area contributed by atoms with Gasteiger partial charge in [-0.3, -0.25) is 0 Å². The van der Waals surface area contributed by atoms with Crippen molar-refractivity contribution in [1.29, 1.82) is 0 Å². The number of piperidine rings is 1. The van der Waals surface area contributed by atoms with Gasteiger partial charge in [0, 0.05) is 13.1 Å². The number of carbonyl (C=O) groups is 1. The van der Waals surface area contributed by atoms with Crippen LogP contribution in [0.2, 0.25) is 0 Å². The van der Waals surface area contributed by atoms with Gasteiger partial charge in [-0.1, -0.05) is 18.9 Å². The topological polar surface area (TPSA) is 66.6 Å². The van der Waals surface area contributed by atoms with Crippen molar-refractivity contribution in [2.75, 3.05) is 23.7 Å². The SMILES string of the molecule is Nc1c(C(=O)O)cccc1N1CCC2(CCCC2)CC1. The molecule has 0 radical (unpaired) electrons. The predicted octanol–water partition coefficient (Wildman–Crippen LogP) is 3.13. The smallest absolute Gasteiger partial charge is 0.337 e. The molecule has 0 aromatic heterocycles. The van der Waals surface area contributed by atoms with Crippen molar-refractivity contribution in [3.63, 3.8) is 0 Å². The van der Waals surface area contributed by atoms with Gasteiger partial charge in [0.15, 0.2) is 0 Å². The third-order valence-electron chi connectivity index (χ3n) is 5.14. The van der Waals surface area contributed by atoms with Gasteiger partial charge >= 0.3 is 5.97 Å². The molecule has 1 aliphatic heterocycles. The molecule has 4 nitrogen and oxygen atoms in total. The van der Waals surface area contributed by atoms with Gasteiger partial charge in [-0.25, -0.2) is 4.79 Å². The van der Waals surface area contributed by atoms with Crippen LogP contribution >= 0.6 is 0 Å². The van der Waals surface area contributed by atoms with Gasteiger partial charge in [0.2, 0.25) is 0 Å². The Kier molecular flexibility index (Phi) is 3.32. The van der Waals surface area contributed by atoms with Crippen molar-refractivity contribution in [2.45, 2.75) is 38.5 Å². The second-order valence-corrected chi connectivity index (χ2v) is 6.24. The molecular weight excluding hydrogens is 252 g/mol. The standard InChI is InChI=1S/C16H22N2O2/c17-14-12(15(19)20)4-3-5-13(14)18-10-8-16(9-11-18)6-1-2-7-16/h3-5H,1-2,6-11,17H2,(H,19,20). The molecule has 1 aromatic carbocycles. The molecule has 1 heterocycles. The molecule has 1 saturated carbocycles. The summed E-state index contributed by atoms with van der Waals surface area (Å²) in [5.41, 5.74) is 8.11. The highest BCUT2D eigenvalue weighted by Crippen LogP contribution is 2.47. The van der Waals surface area contributed by atoms with E-state index in [9.17, 15) is 4.79 Å². The summed E-state index contributed by atoms with van der Waals surface area (Å²) in [6, 6.07) is 5.30. The molecule has 0 bridgehead atoms. The van der Waals surface area contributed by atoms with E-state index in [1.807, 2.05) is 6.07 Å². The predicted molar refractivity (Wildman–Crippen MR) is 80.2 cm³/mol. The Balaban J connectivity index is 1.78. The van der Waals surface area contributed by atoms with Crippen molar-refractivity contribution in [3.8, 4) is 0 Å². The minimum absolute atomic E-state index is 0.212. The first-order valence-corrected chi connectivity index (χ1v) is 7.48. The van der Waals surface area contributed by atoms with E-state index >= 15 is 0 Å². The van der Waals surface area contributed by atoms with Crippen LogP contribution in [0, 0.1) is 5.41 Å². The lowest BCUT2D eigenvalue weighted by molar-refractivity contribution is 0.0698. The second-order valence-electron chi connectivity index (χ2n) is 6.24. The third kappa shape index (κ3) is 2.23. The largest absolute Gasteiger partial charge is 0.478 e. The fourth-order valence-electron chi connectivity index (χ4n) is 3.86. The van der Waals surface area contributed by atoms with Crippen LogP contribution in [0.25, 0.3) is 0 Å². The molecule has 4 heteroatoms. The van der Waals surface area contributed by atoms with Crippen molar-refractivity contribution >= 4 is 17.3 Å². The molecule has 2 fully saturated rings. The number of rotatable bonds is 2. The number of para-hydroxylation sites is 1. The molecule has 2 aliphatic rings. The maximum atomic E-state index is 11.2. The lowest BCUT2D eigenvalue weighted by Crippen LogP contribution is -2.39. The number of nitrogen functional groups attached to an aromatic ring is 1. The zero-order chi connectivity index (χ0) is 14.2. The molecule has 0 amide bonds. The Hall–Kier alpha value is -1.71. The van der Waals surface area contributed by atoms with E-state index in [2.05, 4.69) is 4.90 Å². The van der Waals surface area contributed by atoms with Crippen molar-refractivity contribution < 1.29 is 9.90 Å². The summed E-state index contributed by atoms with van der Waals surface area (Å²) in [6.45, 7) is 1.99. The summed E-state index contributed by atoms with van der Waals surface area (Å²) in [7, 11) is 0. The van der Waals surface area contributed by atoms with Crippen LogP contribution in [0.5, 0.6) is 0 Å². The number of hydrogen-bond donors (Lipinski definition) is 2. The lowest BCUT2D eigenvalue weighted by Gasteiger charge is -2.41. The summed E-state index contributed by atoms with van der Waals surface area (Å²) in [4.78, 5) is 13.4. The first-order valence-electron chi connectivity index (χ1n) is 7.48. The van der Waals surface area contributed by atoms with Gasteiger partial charge in [0.25, 0.3) is 0 Å². The fraction of sp³-hybridized carbons (Fsp3) is 0.562. The molecule has 108 valence electrons. The molecule has 1 saturated heterocycles. The van der Waals surface area contributed by atoms with E-state index < -0.39 is 5.97 Å². The zero-order valence-electron chi connectivity index (χ0n) is 11.8. The number of carboxylic acid groups (broad SMARTS) is 1. The average molecular weight is 274 g/mol. The molecule has 0 atom stereocenters. The highest BCUT2D eigenvalue weighted by Gasteiger charge is 2.37. The first-order chi connectivity index (χ1) is 9.61. The van der Waals surface area contributed by atoms with Crippen LogP contribution in [-0.2, 0) is 0 Å². The maximum absolute atomic E-state index is 11.2. The number of carboxylic acids is 1. The number of nitrogens with two attached hydrogens (primary N) is 1. The highest BCUT2D eigenvalue weighted by molar-refractivity contribution is 5.97. The summed E-state index contributed by atoms with van der Waals surface area (Å²) in [5.74, 6) is -0.950. The Bertz CT molecular complexity index is 511. The molecular formula is C16H22N2O2. The van der Waals surface area contributed by atoms with Gasteiger partial charge in [-0.15, -0.1) is 0 Å². The van der Waals surface area contributed by atoms with E-state index in [1.54, 1.807) is 12.1 Å². The van der Waals surface area contributed by atoms with Crippen molar-refractivity contribution in [2.24, 2.45) is 5.41 Å². The fourth-order valence-corrected chi connectivity index (χ4v) is 3.86. The minimum Gasteiger partial charge on any atom is -0.478 e. The Morgan fingerprint density at radius 3 is 2.40 bits per heavy atom. The molecule has 20 heavy (non-hydrogen) atoms. The van der Waals surface area contributed by atoms with Gasteiger partial charge in [0.1, 0.15) is 0 Å². The second kappa shape index (κ2) is 5.00. The Labute approximate surface area is 119 Å². The van der Waals surface area contributed by atoms with Gasteiger partial charge in [0.05, 0.1) is 16.9 Å². The van der Waals surface area contributed by atoms with E-state index in [0.717, 1.165) is 18.8 Å². The minimum atomic E-state index is -0.950. The van der Waals surface area contributed by atoms with Crippen molar-refractivity contribution in [1.82, 2.24) is 0 Å². The molecule has 3 N–H and O–H groups in total. The van der Waals surface area contributed by atoms with Crippen LogP contribution in [-0.4, -0.2) is 24.2 Å². The summed E-state index contributed by atoms with van der Waals surface area (Å²) in [6.07, 6.45) is 7.90. The summed E-state index contributed by atoms with van der Waals surface area (Å²) < 4.78 is 0. The highest BCUT2D eigenvalue weighted by atomic mass is 16.4. The normalized spacial score (nSPS) is 21.3. The number of anilines is 2. The van der Waals surface area contributed by atoms with Crippen LogP contribution in [0.1, 0.15) is 48.9 Å². The van der Waals surface area contributed by atoms with Crippen LogP contribution < -0.4 is 10.6 Å². The number of nitrogens with zero attached hydrogens (tertiary/aromatic N) is 1. The van der Waals surface area contributed by atoms with Gasteiger partial charge in [-0.2, -0.15) is 0 Å². The van der Waals surface area contributed by atoms with E-state index in [4.69, 9.17) is 10.8 Å². The molecule has 0 unspecified atom stereocenters. The molecule has 1 spiro atoms. The van der Waals surface area contributed by atoms with E-state index in [1.165, 1.54) is 38.5 Å². The number of hydrogen-bond acceptors (Lipinski definition) is 3. The van der Waals surface area contributed by atoms with E-state index in [0.29, 0.717) is 11.1 Å². The van der Waals surface area contributed by atoms with Crippen LogP contribution in [0.15, 0.2) is 18.2 Å². The maximum Gasteiger partial charge on any atom is 0.337 e. The average Bonchev–Trinajstić information content (AvgIpc) is 2.88. The molecule has 1 aliphatic carbocycles. The third-order valence-corrected chi connectivity index (χ3v) is 5.14. The Morgan fingerprint density at radius 1 is 1.15 bits per heavy atom. The number of aromatic carboxylic acids is 1. The van der Waals surface area contributed by atoms with Gasteiger partial charge < -0.3 is 15.7 Å². The first kappa shape index (κ1) is 13.3. The summed E-state index contributed by atoms with van der Waals surface area (Å²) in [5, 5.41) is 9.16. The van der Waals surface area contributed by atoms with Gasteiger partial charge in [-0.05, 0) is 43.2 Å².